The number of rotatable bonds is 4. The molecule has 4 nitrogen and oxygen atoms in total. The molecule has 18 heavy (non-hydrogen) atoms. The summed E-state index contributed by atoms with van der Waals surface area (Å²) < 4.78 is 0. The molecule has 2 atom stereocenters. The van der Waals surface area contributed by atoms with Crippen LogP contribution in [0.2, 0.25) is 0 Å². The molecular weight excluding hydrogens is 250 g/mol. The minimum absolute atomic E-state index is 0. The molecule has 1 aliphatic heterocycles. The van der Waals surface area contributed by atoms with Gasteiger partial charge in [-0.05, 0) is 33.2 Å². The second-order valence-electron chi connectivity index (χ2n) is 5.44. The van der Waals surface area contributed by atoms with E-state index in [4.69, 9.17) is 0 Å². The van der Waals surface area contributed by atoms with E-state index in [0.717, 1.165) is 32.4 Å². The first kappa shape index (κ1) is 15.7. The third-order valence-electron chi connectivity index (χ3n) is 4.26. The Hall–Kier alpha value is -0.320. The summed E-state index contributed by atoms with van der Waals surface area (Å²) in [6, 6.07) is 1.01. The molecule has 1 saturated carbocycles. The Balaban J connectivity index is 0.00000162. The molecule has 0 spiro atoms. The third kappa shape index (κ3) is 3.84. The van der Waals surface area contributed by atoms with Gasteiger partial charge in [-0.2, -0.15) is 0 Å². The lowest BCUT2D eigenvalue weighted by Gasteiger charge is -2.25. The second-order valence-corrected chi connectivity index (χ2v) is 5.44. The molecule has 2 aliphatic rings. The third-order valence-corrected chi connectivity index (χ3v) is 4.26. The van der Waals surface area contributed by atoms with Crippen LogP contribution in [0.25, 0.3) is 0 Å². The molecule has 1 saturated heterocycles. The number of nitrogens with one attached hydrogen (secondary N) is 2. The van der Waals surface area contributed by atoms with Crippen molar-refractivity contribution in [3.8, 4) is 0 Å². The summed E-state index contributed by atoms with van der Waals surface area (Å²) in [4.78, 5) is 14.4. The number of hydrogen-bond donors (Lipinski definition) is 2. The highest BCUT2D eigenvalue weighted by Gasteiger charge is 2.29. The van der Waals surface area contributed by atoms with Crippen LogP contribution in [0.5, 0.6) is 0 Å². The van der Waals surface area contributed by atoms with Gasteiger partial charge >= 0.3 is 0 Å². The lowest BCUT2D eigenvalue weighted by molar-refractivity contribution is -0.126. The molecular formula is C13H26ClN3O. The van der Waals surface area contributed by atoms with Crippen LogP contribution in [0.3, 0.4) is 0 Å². The number of hydrogen-bond acceptors (Lipinski definition) is 3. The maximum atomic E-state index is 12.1. The summed E-state index contributed by atoms with van der Waals surface area (Å²) in [5.74, 6) is 0.216. The predicted molar refractivity (Wildman–Crippen MR) is 76.1 cm³/mol. The average molecular weight is 276 g/mol. The van der Waals surface area contributed by atoms with E-state index < -0.39 is 0 Å². The van der Waals surface area contributed by atoms with Crippen molar-refractivity contribution >= 4 is 18.3 Å². The lowest BCUT2D eigenvalue weighted by atomic mass is 10.2. The van der Waals surface area contributed by atoms with Crippen molar-refractivity contribution in [2.45, 2.75) is 57.2 Å². The van der Waals surface area contributed by atoms with Gasteiger partial charge < -0.3 is 10.6 Å². The van der Waals surface area contributed by atoms with Gasteiger partial charge in [0.05, 0.1) is 6.04 Å². The summed E-state index contributed by atoms with van der Waals surface area (Å²) in [5, 5.41) is 6.47. The molecule has 1 heterocycles. The molecule has 1 amide bonds. The van der Waals surface area contributed by atoms with Gasteiger partial charge in [0, 0.05) is 25.2 Å². The van der Waals surface area contributed by atoms with Crippen LogP contribution in [0, 0.1) is 0 Å². The summed E-state index contributed by atoms with van der Waals surface area (Å²) in [5.41, 5.74) is 0. The Kier molecular flexibility index (Phi) is 6.39. The largest absolute Gasteiger partial charge is 0.352 e. The van der Waals surface area contributed by atoms with E-state index in [1.54, 1.807) is 0 Å². The molecule has 0 bridgehead atoms. The van der Waals surface area contributed by atoms with E-state index in [1.165, 1.54) is 12.8 Å². The van der Waals surface area contributed by atoms with Crippen LogP contribution in [-0.4, -0.2) is 49.1 Å². The first-order valence-corrected chi connectivity index (χ1v) is 6.92. The first-order chi connectivity index (χ1) is 8.20. The van der Waals surface area contributed by atoms with Crippen LogP contribution in [0.4, 0.5) is 0 Å². The lowest BCUT2D eigenvalue weighted by Crippen LogP contribution is -2.47. The van der Waals surface area contributed by atoms with Gasteiger partial charge in [0.15, 0.2) is 0 Å². The van der Waals surface area contributed by atoms with Crippen molar-refractivity contribution in [2.24, 2.45) is 0 Å². The molecule has 2 fully saturated rings. The molecule has 0 radical (unpaired) electrons. The first-order valence-electron chi connectivity index (χ1n) is 6.92. The van der Waals surface area contributed by atoms with Gasteiger partial charge in [0.2, 0.25) is 5.91 Å². The number of amides is 1. The molecule has 2 rings (SSSR count). The van der Waals surface area contributed by atoms with Crippen LogP contribution in [-0.2, 0) is 4.79 Å². The standard InChI is InChI=1S/C13H25N3O.ClH/c1-10(16-8-7-12(9-16)14-2)13(17)15-11-5-3-4-6-11;/h10-12,14H,3-9H2,1-2H3,(H,15,17);1H. The summed E-state index contributed by atoms with van der Waals surface area (Å²) in [7, 11) is 2.00. The number of carbonyl (C=O) groups is 1. The maximum Gasteiger partial charge on any atom is 0.237 e. The quantitative estimate of drug-likeness (QED) is 0.809. The Morgan fingerprint density at radius 1 is 1.22 bits per heavy atom. The Bertz CT molecular complexity index is 269. The average Bonchev–Trinajstić information content (AvgIpc) is 2.98. The summed E-state index contributed by atoms with van der Waals surface area (Å²) >= 11 is 0. The van der Waals surface area contributed by atoms with Crippen LogP contribution >= 0.6 is 12.4 Å². The molecule has 0 aromatic heterocycles. The molecule has 2 unspecified atom stereocenters. The SMILES string of the molecule is CNC1CCN(C(C)C(=O)NC2CCCC2)C1.Cl. The van der Waals surface area contributed by atoms with E-state index in [-0.39, 0.29) is 24.4 Å². The van der Waals surface area contributed by atoms with E-state index in [0.29, 0.717) is 12.1 Å². The molecule has 0 aromatic carbocycles. The molecule has 2 N–H and O–H groups in total. The van der Waals surface area contributed by atoms with Gasteiger partial charge in [-0.3, -0.25) is 9.69 Å². The fourth-order valence-electron chi connectivity index (χ4n) is 2.93. The fourth-order valence-corrected chi connectivity index (χ4v) is 2.93. The minimum atomic E-state index is 0. The van der Waals surface area contributed by atoms with E-state index in [2.05, 4.69) is 15.5 Å². The highest BCUT2D eigenvalue weighted by molar-refractivity contribution is 5.85. The summed E-state index contributed by atoms with van der Waals surface area (Å²) in [6.07, 6.45) is 6.02. The zero-order valence-corrected chi connectivity index (χ0v) is 12.3. The number of halogens is 1. The Morgan fingerprint density at radius 3 is 2.44 bits per heavy atom. The highest BCUT2D eigenvalue weighted by Crippen LogP contribution is 2.18. The summed E-state index contributed by atoms with van der Waals surface area (Å²) in [6.45, 7) is 4.06. The number of nitrogens with zero attached hydrogens (tertiary/aromatic N) is 1. The van der Waals surface area contributed by atoms with Gasteiger partial charge in [-0.1, -0.05) is 12.8 Å². The minimum Gasteiger partial charge on any atom is -0.352 e. The van der Waals surface area contributed by atoms with E-state index >= 15 is 0 Å². The van der Waals surface area contributed by atoms with E-state index in [9.17, 15) is 4.79 Å². The molecule has 5 heteroatoms. The van der Waals surface area contributed by atoms with Crippen LogP contribution in [0.15, 0.2) is 0 Å². The topological polar surface area (TPSA) is 44.4 Å². The van der Waals surface area contributed by atoms with Crippen molar-refractivity contribution in [1.82, 2.24) is 15.5 Å². The fraction of sp³-hybridized carbons (Fsp3) is 0.923. The molecule has 1 aliphatic carbocycles. The van der Waals surface area contributed by atoms with Gasteiger partial charge in [0.25, 0.3) is 0 Å². The van der Waals surface area contributed by atoms with E-state index in [1.807, 2.05) is 14.0 Å². The van der Waals surface area contributed by atoms with Crippen molar-refractivity contribution < 1.29 is 4.79 Å². The number of carbonyl (C=O) groups excluding carboxylic acids is 1. The molecule has 106 valence electrons. The van der Waals surface area contributed by atoms with Crippen LogP contribution in [0.1, 0.15) is 39.0 Å². The zero-order chi connectivity index (χ0) is 12.3. The Labute approximate surface area is 116 Å². The normalized spacial score (nSPS) is 26.9. The highest BCUT2D eigenvalue weighted by atomic mass is 35.5. The smallest absolute Gasteiger partial charge is 0.237 e. The van der Waals surface area contributed by atoms with Crippen molar-refractivity contribution in [1.29, 1.82) is 0 Å². The van der Waals surface area contributed by atoms with Gasteiger partial charge in [0.1, 0.15) is 0 Å². The Morgan fingerprint density at radius 2 is 1.89 bits per heavy atom. The van der Waals surface area contributed by atoms with Crippen molar-refractivity contribution in [2.75, 3.05) is 20.1 Å². The van der Waals surface area contributed by atoms with Crippen LogP contribution < -0.4 is 10.6 Å². The predicted octanol–water partition coefficient (Wildman–Crippen LogP) is 1.15. The zero-order valence-electron chi connectivity index (χ0n) is 11.4. The molecule has 0 aromatic rings. The van der Waals surface area contributed by atoms with Crippen molar-refractivity contribution in [3.63, 3.8) is 0 Å². The van der Waals surface area contributed by atoms with Gasteiger partial charge in [-0.15, -0.1) is 12.4 Å². The monoisotopic (exact) mass is 275 g/mol. The number of likely N-dealkylation sites (tertiary alicyclic amines) is 1. The maximum absolute atomic E-state index is 12.1. The number of likely N-dealkylation sites (N-methyl/N-ethyl adjacent to an activating group) is 1. The second kappa shape index (κ2) is 7.31. The van der Waals surface area contributed by atoms with Gasteiger partial charge in [-0.25, -0.2) is 0 Å². The van der Waals surface area contributed by atoms with Crippen molar-refractivity contribution in [3.05, 3.63) is 0 Å².